The Balaban J connectivity index is 1.82. The Kier molecular flexibility index (Phi) is 3.05. The van der Waals surface area contributed by atoms with Crippen LogP contribution in [0.15, 0.2) is 42.5 Å². The molecule has 2 aromatic carbocycles. The molecule has 1 aliphatic rings. The Morgan fingerprint density at radius 2 is 1.84 bits per heavy atom. The molecule has 94 valence electrons. The van der Waals surface area contributed by atoms with Gasteiger partial charge in [-0.15, -0.1) is 0 Å². The number of nitrogens with zero attached hydrogens (tertiary/aromatic N) is 1. The van der Waals surface area contributed by atoms with Crippen molar-refractivity contribution < 1.29 is 0 Å². The molecule has 2 heteroatoms. The van der Waals surface area contributed by atoms with Gasteiger partial charge < -0.3 is 0 Å². The molecule has 3 rings (SSSR count). The van der Waals surface area contributed by atoms with Crippen molar-refractivity contribution in [1.82, 2.24) is 0 Å². The van der Waals surface area contributed by atoms with Gasteiger partial charge in [0.15, 0.2) is 0 Å². The first-order valence-electron chi connectivity index (χ1n) is 6.45. The number of benzene rings is 2. The molecule has 0 aliphatic heterocycles. The average Bonchev–Trinajstić information content (AvgIpc) is 3.19. The normalized spacial score (nSPS) is 20.9. The van der Waals surface area contributed by atoms with Gasteiger partial charge in [0.2, 0.25) is 0 Å². The molecule has 0 saturated heterocycles. The first kappa shape index (κ1) is 12.3. The zero-order valence-corrected chi connectivity index (χ0v) is 11.5. The van der Waals surface area contributed by atoms with Crippen molar-refractivity contribution in [1.29, 1.82) is 5.26 Å². The summed E-state index contributed by atoms with van der Waals surface area (Å²) in [5.41, 5.74) is 4.47. The fraction of sp³-hybridized carbons (Fsp3) is 0.235. The number of nitriles is 1. The van der Waals surface area contributed by atoms with Crippen LogP contribution in [0.2, 0.25) is 5.02 Å². The molecular formula is C17H14ClN. The Bertz CT molecular complexity index is 652. The molecule has 0 heterocycles. The van der Waals surface area contributed by atoms with E-state index in [1.165, 1.54) is 16.7 Å². The first-order valence-corrected chi connectivity index (χ1v) is 6.83. The zero-order valence-electron chi connectivity index (χ0n) is 10.7. The Labute approximate surface area is 118 Å². The number of hydrogen-bond donors (Lipinski definition) is 0. The summed E-state index contributed by atoms with van der Waals surface area (Å²) >= 11 is 6.32. The third kappa shape index (κ3) is 2.37. The second-order valence-electron chi connectivity index (χ2n) is 5.21. The van der Waals surface area contributed by atoms with Crippen LogP contribution in [-0.2, 0) is 0 Å². The topological polar surface area (TPSA) is 23.8 Å². The third-order valence-corrected chi connectivity index (χ3v) is 4.14. The summed E-state index contributed by atoms with van der Waals surface area (Å²) in [6.07, 6.45) is 1.15. The maximum Gasteiger partial charge on any atom is 0.0991 e. The maximum absolute atomic E-state index is 8.81. The van der Waals surface area contributed by atoms with Crippen molar-refractivity contribution in [3.8, 4) is 6.07 Å². The first-order chi connectivity index (χ1) is 9.19. The third-order valence-electron chi connectivity index (χ3n) is 3.81. The molecule has 0 bridgehead atoms. The van der Waals surface area contributed by atoms with Gasteiger partial charge in [-0.25, -0.2) is 0 Å². The Hall–Kier alpha value is -1.78. The SMILES string of the molecule is Cc1ccc(C2CC2c2ccc(C#N)cc2)c(Cl)c1. The predicted octanol–water partition coefficient (Wildman–Crippen LogP) is 4.79. The second kappa shape index (κ2) is 4.72. The van der Waals surface area contributed by atoms with Crippen molar-refractivity contribution in [2.24, 2.45) is 0 Å². The van der Waals surface area contributed by atoms with Crippen molar-refractivity contribution in [3.05, 3.63) is 69.7 Å². The number of rotatable bonds is 2. The molecular weight excluding hydrogens is 254 g/mol. The van der Waals surface area contributed by atoms with E-state index in [9.17, 15) is 0 Å². The van der Waals surface area contributed by atoms with Crippen LogP contribution in [0.3, 0.4) is 0 Å². The summed E-state index contributed by atoms with van der Waals surface area (Å²) in [5.74, 6) is 1.08. The molecule has 2 aromatic rings. The lowest BCUT2D eigenvalue weighted by Gasteiger charge is -2.05. The summed E-state index contributed by atoms with van der Waals surface area (Å²) < 4.78 is 0. The minimum absolute atomic E-state index is 0.529. The highest BCUT2D eigenvalue weighted by atomic mass is 35.5. The van der Waals surface area contributed by atoms with Gasteiger partial charge in [-0.3, -0.25) is 0 Å². The lowest BCUT2D eigenvalue weighted by molar-refractivity contribution is 1.02. The number of aryl methyl sites for hydroxylation is 1. The minimum atomic E-state index is 0.529. The molecule has 0 N–H and O–H groups in total. The van der Waals surface area contributed by atoms with E-state index < -0.39 is 0 Å². The Morgan fingerprint density at radius 1 is 1.11 bits per heavy atom. The van der Waals surface area contributed by atoms with Crippen molar-refractivity contribution in [2.75, 3.05) is 0 Å². The van der Waals surface area contributed by atoms with Gasteiger partial charge in [0.05, 0.1) is 11.6 Å². The van der Waals surface area contributed by atoms with E-state index in [1.807, 2.05) is 18.2 Å². The molecule has 1 fully saturated rings. The molecule has 0 spiro atoms. The summed E-state index contributed by atoms with van der Waals surface area (Å²) in [5, 5.41) is 9.68. The van der Waals surface area contributed by atoms with Crippen LogP contribution in [0, 0.1) is 18.3 Å². The lowest BCUT2D eigenvalue weighted by atomic mass is 10.0. The van der Waals surface area contributed by atoms with Gasteiger partial charge in [-0.1, -0.05) is 35.9 Å². The molecule has 2 unspecified atom stereocenters. The van der Waals surface area contributed by atoms with Gasteiger partial charge in [-0.2, -0.15) is 5.26 Å². The van der Waals surface area contributed by atoms with E-state index in [-0.39, 0.29) is 0 Å². The maximum atomic E-state index is 8.81. The van der Waals surface area contributed by atoms with Gasteiger partial charge in [0.25, 0.3) is 0 Å². The zero-order chi connectivity index (χ0) is 13.4. The standard InChI is InChI=1S/C17H14ClN/c1-11-2-7-14(17(18)8-11)16-9-15(16)13-5-3-12(10-19)4-6-13/h2-8,15-16H,9H2,1H3. The molecule has 1 nitrogen and oxygen atoms in total. The van der Waals surface area contributed by atoms with E-state index in [1.54, 1.807) is 0 Å². The van der Waals surface area contributed by atoms with Crippen molar-refractivity contribution >= 4 is 11.6 Å². The monoisotopic (exact) mass is 267 g/mol. The van der Waals surface area contributed by atoms with Gasteiger partial charge in [0.1, 0.15) is 0 Å². The fourth-order valence-electron chi connectivity index (χ4n) is 2.64. The number of hydrogen-bond acceptors (Lipinski definition) is 1. The van der Waals surface area contributed by atoms with Gasteiger partial charge >= 0.3 is 0 Å². The lowest BCUT2D eigenvalue weighted by Crippen LogP contribution is -1.87. The van der Waals surface area contributed by atoms with Crippen LogP contribution in [0.1, 0.15) is 40.5 Å². The molecule has 19 heavy (non-hydrogen) atoms. The molecule has 1 saturated carbocycles. The molecule has 0 amide bonds. The summed E-state index contributed by atoms with van der Waals surface area (Å²) in [6.45, 7) is 2.06. The van der Waals surface area contributed by atoms with Crippen LogP contribution in [0.5, 0.6) is 0 Å². The molecule has 0 radical (unpaired) electrons. The highest BCUT2D eigenvalue weighted by Crippen LogP contribution is 2.56. The molecule has 2 atom stereocenters. The van der Waals surface area contributed by atoms with Crippen molar-refractivity contribution in [2.45, 2.75) is 25.2 Å². The predicted molar refractivity (Wildman–Crippen MR) is 77.4 cm³/mol. The minimum Gasteiger partial charge on any atom is -0.192 e. The summed E-state index contributed by atoms with van der Waals surface area (Å²) in [6, 6.07) is 16.4. The van der Waals surface area contributed by atoms with E-state index in [2.05, 4.69) is 37.3 Å². The van der Waals surface area contributed by atoms with Crippen LogP contribution >= 0.6 is 11.6 Å². The Morgan fingerprint density at radius 3 is 2.47 bits per heavy atom. The van der Waals surface area contributed by atoms with E-state index in [0.29, 0.717) is 17.4 Å². The molecule has 0 aromatic heterocycles. The average molecular weight is 268 g/mol. The van der Waals surface area contributed by atoms with Crippen LogP contribution < -0.4 is 0 Å². The number of halogens is 1. The quantitative estimate of drug-likeness (QED) is 0.767. The van der Waals surface area contributed by atoms with Crippen LogP contribution in [-0.4, -0.2) is 0 Å². The van der Waals surface area contributed by atoms with Gasteiger partial charge in [0, 0.05) is 5.02 Å². The van der Waals surface area contributed by atoms with Gasteiger partial charge in [-0.05, 0) is 60.1 Å². The van der Waals surface area contributed by atoms with E-state index in [4.69, 9.17) is 16.9 Å². The largest absolute Gasteiger partial charge is 0.192 e. The van der Waals surface area contributed by atoms with E-state index in [0.717, 1.165) is 11.4 Å². The van der Waals surface area contributed by atoms with Crippen LogP contribution in [0.4, 0.5) is 0 Å². The fourth-order valence-corrected chi connectivity index (χ4v) is 3.02. The highest BCUT2D eigenvalue weighted by Gasteiger charge is 2.40. The summed E-state index contributed by atoms with van der Waals surface area (Å²) in [4.78, 5) is 0. The second-order valence-corrected chi connectivity index (χ2v) is 5.61. The smallest absolute Gasteiger partial charge is 0.0991 e. The van der Waals surface area contributed by atoms with Crippen LogP contribution in [0.25, 0.3) is 0 Å². The van der Waals surface area contributed by atoms with Crippen molar-refractivity contribution in [3.63, 3.8) is 0 Å². The van der Waals surface area contributed by atoms with E-state index >= 15 is 0 Å². The highest BCUT2D eigenvalue weighted by molar-refractivity contribution is 6.31. The molecule has 1 aliphatic carbocycles. The summed E-state index contributed by atoms with van der Waals surface area (Å²) in [7, 11) is 0.